The van der Waals surface area contributed by atoms with Crippen molar-refractivity contribution in [3.05, 3.63) is 65.4 Å². The molecule has 0 saturated carbocycles. The molecule has 2 amide bonds. The summed E-state index contributed by atoms with van der Waals surface area (Å²) in [5, 5.41) is 6.59. The minimum atomic E-state index is -0.739. The summed E-state index contributed by atoms with van der Waals surface area (Å²) in [6.45, 7) is 3.96. The Morgan fingerprint density at radius 1 is 1.17 bits per heavy atom. The van der Waals surface area contributed by atoms with Crippen molar-refractivity contribution >= 4 is 23.3 Å². The Morgan fingerprint density at radius 2 is 1.90 bits per heavy atom. The van der Waals surface area contributed by atoms with Crippen molar-refractivity contribution < 1.29 is 23.5 Å². The number of nitrogens with zero attached hydrogens (tertiary/aromatic N) is 2. The van der Waals surface area contributed by atoms with Crippen LogP contribution in [0.15, 0.2) is 47.0 Å². The number of carbonyl (C=O) groups excluding carboxylic acids is 3. The highest BCUT2D eigenvalue weighted by Gasteiger charge is 2.19. The Hall–Kier alpha value is -3.88. The van der Waals surface area contributed by atoms with Gasteiger partial charge >= 0.3 is 0 Å². The Kier molecular flexibility index (Phi) is 5.77. The van der Waals surface area contributed by atoms with Gasteiger partial charge in [0.15, 0.2) is 17.2 Å². The van der Waals surface area contributed by atoms with Crippen LogP contribution in [0.4, 0.5) is 5.69 Å². The van der Waals surface area contributed by atoms with Gasteiger partial charge in [0.05, 0.1) is 5.69 Å². The van der Waals surface area contributed by atoms with Crippen LogP contribution in [0, 0.1) is 0 Å². The summed E-state index contributed by atoms with van der Waals surface area (Å²) in [6, 6.07) is 9.83. The Balaban J connectivity index is 1.63. The fourth-order valence-electron chi connectivity index (χ4n) is 2.56. The van der Waals surface area contributed by atoms with E-state index in [4.69, 9.17) is 14.9 Å². The molecule has 0 aliphatic carbocycles. The van der Waals surface area contributed by atoms with Gasteiger partial charge in [-0.1, -0.05) is 0 Å². The van der Waals surface area contributed by atoms with Gasteiger partial charge < -0.3 is 20.2 Å². The third kappa shape index (κ3) is 4.70. The first kappa shape index (κ1) is 19.9. The molecule has 3 rings (SSSR count). The zero-order valence-electron chi connectivity index (χ0n) is 16.0. The second kappa shape index (κ2) is 8.42. The summed E-state index contributed by atoms with van der Waals surface area (Å²) in [7, 11) is 0. The normalized spacial score (nSPS) is 10.6. The highest BCUT2D eigenvalue weighted by Crippen LogP contribution is 2.18. The second-order valence-electron chi connectivity index (χ2n) is 6.20. The third-order valence-corrected chi connectivity index (χ3v) is 4.09. The van der Waals surface area contributed by atoms with Crippen LogP contribution in [0.5, 0.6) is 5.75 Å². The van der Waals surface area contributed by atoms with Crippen LogP contribution >= 0.6 is 0 Å². The predicted octanol–water partition coefficient (Wildman–Crippen LogP) is 2.63. The van der Waals surface area contributed by atoms with Gasteiger partial charge in [-0.25, -0.2) is 0 Å². The van der Waals surface area contributed by atoms with E-state index in [2.05, 4.69) is 10.4 Å². The lowest BCUT2D eigenvalue weighted by molar-refractivity contribution is 0.0989. The van der Waals surface area contributed by atoms with Crippen LogP contribution in [0.25, 0.3) is 0 Å². The SMILES string of the molecule is CCn1cc(NC(=O)c2ccc(COc3ccc(C(C)=O)cc3)o2)c(C(N)=O)n1. The van der Waals surface area contributed by atoms with E-state index in [1.54, 1.807) is 30.3 Å². The standard InChI is InChI=1S/C20H20N4O5/c1-3-24-10-16(18(23-24)19(21)26)22-20(27)17-9-8-15(29-17)11-28-14-6-4-13(5-7-14)12(2)25/h4-10H,3,11H2,1-2H3,(H2,21,26)(H,22,27). The number of nitrogens with two attached hydrogens (primary N) is 1. The van der Waals surface area contributed by atoms with Gasteiger partial charge in [0.25, 0.3) is 11.8 Å². The summed E-state index contributed by atoms with van der Waals surface area (Å²) in [5.41, 5.74) is 6.08. The van der Waals surface area contributed by atoms with E-state index in [1.807, 2.05) is 6.92 Å². The van der Waals surface area contributed by atoms with Crippen LogP contribution in [0.1, 0.15) is 51.0 Å². The van der Waals surface area contributed by atoms with Crippen LogP contribution in [-0.2, 0) is 13.2 Å². The molecular formula is C20H20N4O5. The maximum absolute atomic E-state index is 12.4. The van der Waals surface area contributed by atoms with Gasteiger partial charge in [-0.05, 0) is 50.2 Å². The summed E-state index contributed by atoms with van der Waals surface area (Å²) < 4.78 is 12.6. The summed E-state index contributed by atoms with van der Waals surface area (Å²) in [6.07, 6.45) is 1.52. The van der Waals surface area contributed by atoms with Crippen LogP contribution in [0.3, 0.4) is 0 Å². The molecular weight excluding hydrogens is 376 g/mol. The molecule has 2 aromatic heterocycles. The molecule has 0 unspecified atom stereocenters. The molecule has 2 heterocycles. The number of ketones is 1. The summed E-state index contributed by atoms with van der Waals surface area (Å²) in [5.74, 6) is -0.255. The first-order chi connectivity index (χ1) is 13.9. The quantitative estimate of drug-likeness (QED) is 0.563. The highest BCUT2D eigenvalue weighted by molar-refractivity contribution is 6.06. The molecule has 29 heavy (non-hydrogen) atoms. The van der Waals surface area contributed by atoms with Crippen LogP contribution in [0.2, 0.25) is 0 Å². The molecule has 9 nitrogen and oxygen atoms in total. The van der Waals surface area contributed by atoms with Crippen molar-refractivity contribution in [1.82, 2.24) is 9.78 Å². The number of rotatable bonds is 8. The molecule has 0 saturated heterocycles. The van der Waals surface area contributed by atoms with Gasteiger partial charge in [0.1, 0.15) is 18.1 Å². The molecule has 3 aromatic rings. The van der Waals surface area contributed by atoms with E-state index in [-0.39, 0.29) is 29.5 Å². The summed E-state index contributed by atoms with van der Waals surface area (Å²) >= 11 is 0. The number of hydrogen-bond acceptors (Lipinski definition) is 6. The lowest BCUT2D eigenvalue weighted by Crippen LogP contribution is -2.17. The Morgan fingerprint density at radius 3 is 2.52 bits per heavy atom. The van der Waals surface area contributed by atoms with Gasteiger partial charge in [-0.2, -0.15) is 5.10 Å². The van der Waals surface area contributed by atoms with E-state index in [0.717, 1.165) is 0 Å². The number of carbonyl (C=O) groups is 3. The first-order valence-electron chi connectivity index (χ1n) is 8.88. The predicted molar refractivity (Wildman–Crippen MR) is 104 cm³/mol. The number of aryl methyl sites for hydroxylation is 1. The average molecular weight is 396 g/mol. The molecule has 9 heteroatoms. The number of benzene rings is 1. The zero-order valence-corrected chi connectivity index (χ0v) is 16.0. The minimum absolute atomic E-state index is 0.0238. The molecule has 0 fully saturated rings. The van der Waals surface area contributed by atoms with Gasteiger partial charge in [0, 0.05) is 18.3 Å². The highest BCUT2D eigenvalue weighted by atomic mass is 16.5. The van der Waals surface area contributed by atoms with Gasteiger partial charge in [-0.3, -0.25) is 19.1 Å². The van der Waals surface area contributed by atoms with Crippen molar-refractivity contribution in [2.75, 3.05) is 5.32 Å². The third-order valence-electron chi connectivity index (χ3n) is 4.09. The maximum Gasteiger partial charge on any atom is 0.291 e. The molecule has 0 radical (unpaired) electrons. The lowest BCUT2D eigenvalue weighted by atomic mass is 10.1. The number of anilines is 1. The van der Waals surface area contributed by atoms with Crippen LogP contribution in [-0.4, -0.2) is 27.4 Å². The Labute approximate surface area is 166 Å². The molecule has 1 aromatic carbocycles. The number of nitrogens with one attached hydrogen (secondary N) is 1. The van der Waals surface area contributed by atoms with Crippen LogP contribution < -0.4 is 15.8 Å². The van der Waals surface area contributed by atoms with Gasteiger partial charge in [-0.15, -0.1) is 0 Å². The van der Waals surface area contributed by atoms with Gasteiger partial charge in [0.2, 0.25) is 0 Å². The van der Waals surface area contributed by atoms with Crippen molar-refractivity contribution in [2.45, 2.75) is 27.0 Å². The number of furan rings is 1. The number of primary amides is 1. The number of amides is 2. The Bertz CT molecular complexity index is 1050. The number of ether oxygens (including phenoxy) is 1. The van der Waals surface area contributed by atoms with E-state index in [0.29, 0.717) is 23.6 Å². The van der Waals surface area contributed by atoms with E-state index < -0.39 is 11.8 Å². The second-order valence-corrected chi connectivity index (χ2v) is 6.20. The number of hydrogen-bond donors (Lipinski definition) is 2. The smallest absolute Gasteiger partial charge is 0.291 e. The van der Waals surface area contributed by atoms with Crippen molar-refractivity contribution in [2.24, 2.45) is 5.73 Å². The zero-order chi connectivity index (χ0) is 21.0. The fourth-order valence-corrected chi connectivity index (χ4v) is 2.56. The maximum atomic E-state index is 12.4. The molecule has 0 bridgehead atoms. The topological polar surface area (TPSA) is 129 Å². The lowest BCUT2D eigenvalue weighted by Gasteiger charge is -2.05. The largest absolute Gasteiger partial charge is 0.486 e. The first-order valence-corrected chi connectivity index (χ1v) is 8.88. The fraction of sp³-hybridized carbons (Fsp3) is 0.200. The molecule has 0 aliphatic heterocycles. The number of aromatic nitrogens is 2. The summed E-state index contributed by atoms with van der Waals surface area (Å²) in [4.78, 5) is 35.2. The van der Waals surface area contributed by atoms with E-state index >= 15 is 0 Å². The molecule has 150 valence electrons. The van der Waals surface area contributed by atoms with Crippen molar-refractivity contribution in [1.29, 1.82) is 0 Å². The van der Waals surface area contributed by atoms with E-state index in [9.17, 15) is 14.4 Å². The molecule has 3 N–H and O–H groups in total. The molecule has 0 spiro atoms. The van der Waals surface area contributed by atoms with Crippen molar-refractivity contribution in [3.8, 4) is 5.75 Å². The minimum Gasteiger partial charge on any atom is -0.486 e. The van der Waals surface area contributed by atoms with E-state index in [1.165, 1.54) is 23.9 Å². The number of Topliss-reactive ketones (excluding diaryl/α,β-unsaturated/α-hetero) is 1. The average Bonchev–Trinajstić information content (AvgIpc) is 3.33. The molecule has 0 atom stereocenters. The molecule has 0 aliphatic rings. The monoisotopic (exact) mass is 396 g/mol. The van der Waals surface area contributed by atoms with Crippen molar-refractivity contribution in [3.63, 3.8) is 0 Å².